The van der Waals surface area contributed by atoms with Gasteiger partial charge in [0.2, 0.25) is 0 Å². The molecule has 0 amide bonds. The number of nitrogens with two attached hydrogens (primary N) is 1. The normalized spacial score (nSPS) is 8.85. The summed E-state index contributed by atoms with van der Waals surface area (Å²) in [5, 5.41) is 0.612. The molecular weight excluding hydrogens is 186 g/mol. The Morgan fingerprint density at radius 1 is 1.46 bits per heavy atom. The largest absolute Gasteiger partial charge is 0.497 e. The Bertz CT molecular complexity index is 352. The molecule has 0 atom stereocenters. The molecule has 2 N–H and O–H groups in total. The number of halogens is 1. The second-order valence-corrected chi connectivity index (χ2v) is 2.82. The smallest absolute Gasteiger partial charge is 0.121 e. The van der Waals surface area contributed by atoms with Crippen LogP contribution in [-0.2, 0) is 0 Å². The van der Waals surface area contributed by atoms with Crippen molar-refractivity contribution in [1.82, 2.24) is 0 Å². The molecule has 0 unspecified atom stereocenters. The van der Waals surface area contributed by atoms with Crippen LogP contribution in [0.25, 0.3) is 0 Å². The Balaban J connectivity index is 3.01. The molecule has 0 aliphatic carbocycles. The van der Waals surface area contributed by atoms with E-state index in [0.29, 0.717) is 17.3 Å². The van der Waals surface area contributed by atoms with Crippen molar-refractivity contribution in [1.29, 1.82) is 0 Å². The van der Waals surface area contributed by atoms with Crippen LogP contribution in [0.5, 0.6) is 5.75 Å². The Kier molecular flexibility index (Phi) is 3.63. The Morgan fingerprint density at radius 2 is 2.23 bits per heavy atom. The van der Waals surface area contributed by atoms with Crippen LogP contribution < -0.4 is 10.5 Å². The summed E-state index contributed by atoms with van der Waals surface area (Å²) in [4.78, 5) is 0. The molecule has 0 saturated carbocycles. The molecule has 0 heterocycles. The van der Waals surface area contributed by atoms with Crippen molar-refractivity contribution in [3.63, 3.8) is 0 Å². The lowest BCUT2D eigenvalue weighted by molar-refractivity contribution is 0.414. The zero-order valence-corrected chi connectivity index (χ0v) is 8.06. The molecule has 1 aromatic carbocycles. The topological polar surface area (TPSA) is 35.2 Å². The molecule has 3 heteroatoms. The molecule has 68 valence electrons. The van der Waals surface area contributed by atoms with Gasteiger partial charge in [0.1, 0.15) is 5.75 Å². The van der Waals surface area contributed by atoms with Crippen LogP contribution in [0, 0.1) is 11.8 Å². The molecule has 0 bridgehead atoms. The molecule has 2 nitrogen and oxygen atoms in total. The summed E-state index contributed by atoms with van der Waals surface area (Å²) in [5.41, 5.74) is 6.06. The zero-order valence-electron chi connectivity index (χ0n) is 7.30. The van der Waals surface area contributed by atoms with Crippen molar-refractivity contribution in [2.75, 3.05) is 13.7 Å². The van der Waals surface area contributed by atoms with Gasteiger partial charge in [0.05, 0.1) is 13.7 Å². The quantitative estimate of drug-likeness (QED) is 0.692. The fourth-order valence-electron chi connectivity index (χ4n) is 0.906. The van der Waals surface area contributed by atoms with Crippen molar-refractivity contribution >= 4 is 11.6 Å². The van der Waals surface area contributed by atoms with Gasteiger partial charge in [0.25, 0.3) is 0 Å². The van der Waals surface area contributed by atoms with E-state index in [-0.39, 0.29) is 0 Å². The third-order valence-corrected chi connectivity index (χ3v) is 1.66. The average molecular weight is 196 g/mol. The number of ether oxygens (including phenoxy) is 1. The number of rotatable bonds is 1. The number of methoxy groups -OCH3 is 1. The maximum Gasteiger partial charge on any atom is 0.121 e. The lowest BCUT2D eigenvalue weighted by Crippen LogP contribution is -1.93. The van der Waals surface area contributed by atoms with Gasteiger partial charge >= 0.3 is 0 Å². The van der Waals surface area contributed by atoms with E-state index < -0.39 is 0 Å². The fraction of sp³-hybridized carbons (Fsp3) is 0.200. The Labute approximate surface area is 82.6 Å². The summed E-state index contributed by atoms with van der Waals surface area (Å²) < 4.78 is 5.03. The first-order chi connectivity index (χ1) is 6.26. The number of hydrogen-bond acceptors (Lipinski definition) is 2. The first kappa shape index (κ1) is 9.91. The van der Waals surface area contributed by atoms with Crippen LogP contribution >= 0.6 is 11.6 Å². The number of benzene rings is 1. The average Bonchev–Trinajstić information content (AvgIpc) is 2.14. The van der Waals surface area contributed by atoms with E-state index >= 15 is 0 Å². The van der Waals surface area contributed by atoms with Crippen LogP contribution in [0.4, 0.5) is 0 Å². The third kappa shape index (κ3) is 2.98. The predicted octanol–water partition coefficient (Wildman–Crippen LogP) is 1.66. The highest BCUT2D eigenvalue weighted by Crippen LogP contribution is 2.19. The highest BCUT2D eigenvalue weighted by Gasteiger charge is 1.96. The van der Waals surface area contributed by atoms with Crippen molar-refractivity contribution < 1.29 is 4.74 Å². The minimum Gasteiger partial charge on any atom is -0.497 e. The molecule has 13 heavy (non-hydrogen) atoms. The summed E-state index contributed by atoms with van der Waals surface area (Å²) in [6, 6.07) is 5.32. The van der Waals surface area contributed by atoms with E-state index in [1.165, 1.54) is 0 Å². The molecule has 0 spiro atoms. The van der Waals surface area contributed by atoms with Crippen molar-refractivity contribution in [2.24, 2.45) is 5.73 Å². The van der Waals surface area contributed by atoms with Crippen LogP contribution in [0.2, 0.25) is 5.02 Å². The van der Waals surface area contributed by atoms with Gasteiger partial charge < -0.3 is 10.5 Å². The zero-order chi connectivity index (χ0) is 9.68. The minimum absolute atomic E-state index is 0.342. The maximum atomic E-state index is 5.83. The molecule has 0 fully saturated rings. The van der Waals surface area contributed by atoms with Crippen molar-refractivity contribution in [2.45, 2.75) is 0 Å². The van der Waals surface area contributed by atoms with Gasteiger partial charge in [-0.2, -0.15) is 0 Å². The van der Waals surface area contributed by atoms with Gasteiger partial charge in [0, 0.05) is 10.6 Å². The second kappa shape index (κ2) is 4.76. The number of hydrogen-bond donors (Lipinski definition) is 1. The van der Waals surface area contributed by atoms with Crippen molar-refractivity contribution in [3.8, 4) is 17.6 Å². The van der Waals surface area contributed by atoms with Crippen LogP contribution in [0.15, 0.2) is 18.2 Å². The first-order valence-corrected chi connectivity index (χ1v) is 4.17. The van der Waals surface area contributed by atoms with Gasteiger partial charge in [-0.3, -0.25) is 0 Å². The lowest BCUT2D eigenvalue weighted by Gasteiger charge is -2.00. The SMILES string of the molecule is COc1cc(Cl)cc(C#CCN)c1. The van der Waals surface area contributed by atoms with E-state index in [1.807, 2.05) is 6.07 Å². The van der Waals surface area contributed by atoms with Gasteiger partial charge in [-0.1, -0.05) is 23.4 Å². The third-order valence-electron chi connectivity index (χ3n) is 1.44. The van der Waals surface area contributed by atoms with Crippen LogP contribution in [-0.4, -0.2) is 13.7 Å². The standard InChI is InChI=1S/C10H10ClNO/c1-13-10-6-8(3-2-4-12)5-9(11)7-10/h5-7H,4,12H2,1H3. The fourth-order valence-corrected chi connectivity index (χ4v) is 1.13. The molecule has 0 radical (unpaired) electrons. The molecule has 1 rings (SSSR count). The minimum atomic E-state index is 0.342. The summed E-state index contributed by atoms with van der Waals surface area (Å²) in [6.07, 6.45) is 0. The highest BCUT2D eigenvalue weighted by atomic mass is 35.5. The molecule has 0 saturated heterocycles. The monoisotopic (exact) mass is 195 g/mol. The summed E-state index contributed by atoms with van der Waals surface area (Å²) in [6.45, 7) is 0.342. The van der Waals surface area contributed by atoms with E-state index in [4.69, 9.17) is 22.1 Å². The van der Waals surface area contributed by atoms with E-state index in [2.05, 4.69) is 11.8 Å². The summed E-state index contributed by atoms with van der Waals surface area (Å²) in [5.74, 6) is 6.33. The van der Waals surface area contributed by atoms with Crippen LogP contribution in [0.3, 0.4) is 0 Å². The second-order valence-electron chi connectivity index (χ2n) is 2.39. The molecule has 0 aliphatic heterocycles. The predicted molar refractivity (Wildman–Crippen MR) is 53.9 cm³/mol. The van der Waals surface area contributed by atoms with Crippen molar-refractivity contribution in [3.05, 3.63) is 28.8 Å². The molecule has 0 aliphatic rings. The van der Waals surface area contributed by atoms with Gasteiger partial charge in [-0.15, -0.1) is 0 Å². The van der Waals surface area contributed by atoms with E-state index in [1.54, 1.807) is 19.2 Å². The van der Waals surface area contributed by atoms with Crippen LogP contribution in [0.1, 0.15) is 5.56 Å². The highest BCUT2D eigenvalue weighted by molar-refractivity contribution is 6.30. The van der Waals surface area contributed by atoms with Gasteiger partial charge in [-0.25, -0.2) is 0 Å². The lowest BCUT2D eigenvalue weighted by atomic mass is 10.2. The Hall–Kier alpha value is -1.17. The Morgan fingerprint density at radius 3 is 2.85 bits per heavy atom. The molecule has 0 aromatic heterocycles. The molecule has 1 aromatic rings. The maximum absolute atomic E-state index is 5.83. The molecular formula is C10H10ClNO. The summed E-state index contributed by atoms with van der Waals surface area (Å²) >= 11 is 5.83. The summed E-state index contributed by atoms with van der Waals surface area (Å²) in [7, 11) is 1.59. The first-order valence-electron chi connectivity index (χ1n) is 3.80. The van der Waals surface area contributed by atoms with Gasteiger partial charge in [-0.05, 0) is 18.2 Å². The van der Waals surface area contributed by atoms with E-state index in [9.17, 15) is 0 Å². The van der Waals surface area contributed by atoms with E-state index in [0.717, 1.165) is 5.56 Å². The van der Waals surface area contributed by atoms with Gasteiger partial charge in [0.15, 0.2) is 0 Å².